The van der Waals surface area contributed by atoms with E-state index in [9.17, 15) is 20.1 Å². The molecule has 1 aromatic rings. The van der Waals surface area contributed by atoms with E-state index in [0.717, 1.165) is 0 Å². The summed E-state index contributed by atoms with van der Waals surface area (Å²) in [6.45, 7) is -0.141. The minimum Gasteiger partial charge on any atom is -0.468 e. The van der Waals surface area contributed by atoms with Crippen molar-refractivity contribution in [2.24, 2.45) is 7.05 Å². The molecule has 1 fully saturated rings. The lowest BCUT2D eigenvalue weighted by atomic mass is 10.0. The molecule has 0 bridgehead atoms. The Labute approximate surface area is 114 Å². The zero-order valence-corrected chi connectivity index (χ0v) is 11.1. The summed E-state index contributed by atoms with van der Waals surface area (Å²) in [7, 11) is 2.88. The summed E-state index contributed by atoms with van der Waals surface area (Å²) in [5.41, 5.74) is -0.356. The zero-order valence-electron chi connectivity index (χ0n) is 11.1. The number of aliphatic hydroxyl groups excluding tert-OH is 3. The summed E-state index contributed by atoms with van der Waals surface area (Å²) in [6, 6.07) is 1.29. The molecule has 4 N–H and O–H groups in total. The van der Waals surface area contributed by atoms with Gasteiger partial charge in [-0.2, -0.15) is 4.98 Å². The van der Waals surface area contributed by atoms with E-state index in [-0.39, 0.29) is 24.0 Å². The van der Waals surface area contributed by atoms with Crippen molar-refractivity contribution in [3.63, 3.8) is 0 Å². The first-order valence-electron chi connectivity index (χ1n) is 5.98. The highest BCUT2D eigenvalue weighted by Crippen LogP contribution is 2.17. The monoisotopic (exact) mass is 287 g/mol. The van der Waals surface area contributed by atoms with Gasteiger partial charge < -0.3 is 30.1 Å². The minimum absolute atomic E-state index is 0.0888. The first kappa shape index (κ1) is 14.7. The average molecular weight is 287 g/mol. The molecule has 1 saturated heterocycles. The van der Waals surface area contributed by atoms with E-state index < -0.39 is 24.5 Å². The lowest BCUT2D eigenvalue weighted by molar-refractivity contribution is -0.178. The van der Waals surface area contributed by atoms with Crippen LogP contribution in [0.1, 0.15) is 0 Å². The van der Waals surface area contributed by atoms with Crippen molar-refractivity contribution in [3.8, 4) is 6.01 Å². The predicted molar refractivity (Wildman–Crippen MR) is 67.4 cm³/mol. The van der Waals surface area contributed by atoms with Gasteiger partial charge in [-0.1, -0.05) is 0 Å². The highest BCUT2D eigenvalue weighted by atomic mass is 16.5. The number of anilines is 1. The molecule has 2 heterocycles. The molecule has 20 heavy (non-hydrogen) atoms. The van der Waals surface area contributed by atoms with Gasteiger partial charge >= 0.3 is 6.01 Å². The second-order valence-corrected chi connectivity index (χ2v) is 4.47. The van der Waals surface area contributed by atoms with Gasteiger partial charge in [-0.05, 0) is 0 Å². The first-order chi connectivity index (χ1) is 9.43. The van der Waals surface area contributed by atoms with Crippen molar-refractivity contribution in [1.29, 1.82) is 0 Å². The van der Waals surface area contributed by atoms with E-state index in [1.54, 1.807) is 0 Å². The van der Waals surface area contributed by atoms with Gasteiger partial charge in [-0.3, -0.25) is 9.36 Å². The Bertz CT molecular complexity index is 533. The molecule has 9 heteroatoms. The Kier molecular flexibility index (Phi) is 4.23. The second-order valence-electron chi connectivity index (χ2n) is 4.47. The third-order valence-corrected chi connectivity index (χ3v) is 3.07. The number of aliphatic hydroxyl groups is 3. The summed E-state index contributed by atoms with van der Waals surface area (Å²) in [5, 5.41) is 31.4. The number of nitrogens with one attached hydrogen (secondary N) is 1. The summed E-state index contributed by atoms with van der Waals surface area (Å²) >= 11 is 0. The van der Waals surface area contributed by atoms with Crippen molar-refractivity contribution in [2.45, 2.75) is 24.5 Å². The van der Waals surface area contributed by atoms with Crippen LogP contribution in [0.3, 0.4) is 0 Å². The van der Waals surface area contributed by atoms with Crippen molar-refractivity contribution < 1.29 is 24.8 Å². The van der Waals surface area contributed by atoms with Gasteiger partial charge in [0.2, 0.25) is 0 Å². The molecule has 0 saturated carbocycles. The summed E-state index contributed by atoms with van der Waals surface area (Å²) in [4.78, 5) is 15.7. The number of hydrogen-bond donors (Lipinski definition) is 4. The number of hydrogen-bond acceptors (Lipinski definition) is 8. The Hall–Kier alpha value is -1.68. The summed E-state index contributed by atoms with van der Waals surface area (Å²) < 4.78 is 11.3. The fourth-order valence-electron chi connectivity index (χ4n) is 1.85. The maximum absolute atomic E-state index is 11.7. The number of ether oxygens (including phenoxy) is 2. The van der Waals surface area contributed by atoms with Gasteiger partial charge in [0.15, 0.2) is 6.23 Å². The Balaban J connectivity index is 2.18. The largest absolute Gasteiger partial charge is 0.468 e. The Morgan fingerprint density at radius 3 is 2.80 bits per heavy atom. The maximum Gasteiger partial charge on any atom is 0.300 e. The fraction of sp³-hybridized carbons (Fsp3) is 0.636. The van der Waals surface area contributed by atoms with Crippen LogP contribution in [0.5, 0.6) is 6.01 Å². The topological polar surface area (TPSA) is 126 Å². The molecule has 9 nitrogen and oxygen atoms in total. The predicted octanol–water partition coefficient (Wildman–Crippen LogP) is -2.36. The van der Waals surface area contributed by atoms with Crippen LogP contribution < -0.4 is 15.6 Å². The molecule has 0 aromatic carbocycles. The van der Waals surface area contributed by atoms with Crippen LogP contribution in [0.25, 0.3) is 0 Å². The minimum atomic E-state index is -1.35. The summed E-state index contributed by atoms with van der Waals surface area (Å²) in [6.07, 6.45) is -4.84. The number of methoxy groups -OCH3 is 1. The smallest absolute Gasteiger partial charge is 0.300 e. The van der Waals surface area contributed by atoms with Gasteiger partial charge in [0.1, 0.15) is 24.1 Å². The Morgan fingerprint density at radius 2 is 2.15 bits per heavy atom. The SMILES string of the molecule is COc1nc(N[C@H]2OC[C@@H](O)[C@@H](O)[C@@H]2O)cc(=O)n1C. The fourth-order valence-corrected chi connectivity index (χ4v) is 1.85. The van der Waals surface area contributed by atoms with E-state index in [1.807, 2.05) is 0 Å². The van der Waals surface area contributed by atoms with E-state index in [0.29, 0.717) is 0 Å². The van der Waals surface area contributed by atoms with Crippen LogP contribution >= 0.6 is 0 Å². The van der Waals surface area contributed by atoms with Gasteiger partial charge in [0.25, 0.3) is 5.56 Å². The van der Waals surface area contributed by atoms with Gasteiger partial charge in [0, 0.05) is 13.1 Å². The van der Waals surface area contributed by atoms with Crippen LogP contribution in [-0.4, -0.2) is 63.1 Å². The van der Waals surface area contributed by atoms with Crippen molar-refractivity contribution in [1.82, 2.24) is 9.55 Å². The van der Waals surface area contributed by atoms with E-state index in [4.69, 9.17) is 9.47 Å². The number of aromatic nitrogens is 2. The van der Waals surface area contributed by atoms with Crippen molar-refractivity contribution in [3.05, 3.63) is 16.4 Å². The van der Waals surface area contributed by atoms with E-state index in [2.05, 4.69) is 10.3 Å². The molecule has 0 radical (unpaired) electrons. The lowest BCUT2D eigenvalue weighted by Gasteiger charge is -2.35. The lowest BCUT2D eigenvalue weighted by Crippen LogP contribution is -2.55. The van der Waals surface area contributed by atoms with E-state index >= 15 is 0 Å². The second kappa shape index (κ2) is 5.75. The van der Waals surface area contributed by atoms with E-state index in [1.165, 1.54) is 24.8 Å². The molecule has 0 unspecified atom stereocenters. The molecule has 1 aliphatic heterocycles. The van der Waals surface area contributed by atoms with Gasteiger partial charge in [0.05, 0.1) is 13.7 Å². The number of nitrogens with zero attached hydrogens (tertiary/aromatic N) is 2. The standard InChI is InChI=1S/C11H17N3O6/c1-14-7(16)3-6(13-11(14)19-2)12-10-9(18)8(17)5(15)4-20-10/h3,5,8-10,12,15,17-18H,4H2,1-2H3/t5-,8-,9+,10+/m1/s1. The molecular formula is C11H17N3O6. The van der Waals surface area contributed by atoms with Crippen LogP contribution in [-0.2, 0) is 11.8 Å². The highest BCUT2D eigenvalue weighted by molar-refractivity contribution is 5.35. The molecule has 2 rings (SSSR count). The number of rotatable bonds is 3. The zero-order chi connectivity index (χ0) is 14.9. The molecular weight excluding hydrogens is 270 g/mol. The molecule has 4 atom stereocenters. The molecule has 0 aliphatic carbocycles. The average Bonchev–Trinajstić information content (AvgIpc) is 2.43. The van der Waals surface area contributed by atoms with Crippen LogP contribution in [0.2, 0.25) is 0 Å². The highest BCUT2D eigenvalue weighted by Gasteiger charge is 2.37. The third kappa shape index (κ3) is 2.75. The molecule has 0 amide bonds. The summed E-state index contributed by atoms with van der Waals surface area (Å²) in [5.74, 6) is 0.137. The van der Waals surface area contributed by atoms with Gasteiger partial charge in [-0.15, -0.1) is 0 Å². The molecule has 1 aromatic heterocycles. The first-order valence-corrected chi connectivity index (χ1v) is 5.98. The van der Waals surface area contributed by atoms with Crippen molar-refractivity contribution >= 4 is 5.82 Å². The maximum atomic E-state index is 11.7. The molecule has 1 aliphatic rings. The van der Waals surface area contributed by atoms with Crippen LogP contribution in [0.4, 0.5) is 5.82 Å². The molecule has 0 spiro atoms. The van der Waals surface area contributed by atoms with Crippen LogP contribution in [0, 0.1) is 0 Å². The van der Waals surface area contributed by atoms with Crippen molar-refractivity contribution in [2.75, 3.05) is 19.0 Å². The Morgan fingerprint density at radius 1 is 1.45 bits per heavy atom. The van der Waals surface area contributed by atoms with Crippen LogP contribution in [0.15, 0.2) is 10.9 Å². The molecule has 112 valence electrons. The van der Waals surface area contributed by atoms with Gasteiger partial charge in [-0.25, -0.2) is 0 Å². The normalized spacial score (nSPS) is 30.1. The third-order valence-electron chi connectivity index (χ3n) is 3.07. The quantitative estimate of drug-likeness (QED) is 0.486.